The molecule has 20 heavy (non-hydrogen) atoms. The topological polar surface area (TPSA) is 124 Å². The van der Waals surface area contributed by atoms with Gasteiger partial charge in [-0.1, -0.05) is 0 Å². The first-order valence-electron chi connectivity index (χ1n) is 5.97. The van der Waals surface area contributed by atoms with Gasteiger partial charge in [0.05, 0.1) is 11.4 Å². The van der Waals surface area contributed by atoms with Gasteiger partial charge < -0.3 is 22.3 Å². The summed E-state index contributed by atoms with van der Waals surface area (Å²) in [5.74, 6) is 0.0914. The summed E-state index contributed by atoms with van der Waals surface area (Å²) in [5.41, 5.74) is 19.9. The second-order valence-corrected chi connectivity index (χ2v) is 4.23. The first kappa shape index (κ1) is 13.4. The lowest BCUT2D eigenvalue weighted by molar-refractivity contribution is 1.38. The summed E-state index contributed by atoms with van der Waals surface area (Å²) in [7, 11) is 0. The van der Waals surface area contributed by atoms with Crippen molar-refractivity contribution in [3.63, 3.8) is 0 Å². The predicted molar refractivity (Wildman–Crippen MR) is 82.2 cm³/mol. The lowest BCUT2D eigenvalue weighted by Crippen LogP contribution is -2.13. The van der Waals surface area contributed by atoms with Crippen molar-refractivity contribution in [3.05, 3.63) is 59.7 Å². The van der Waals surface area contributed by atoms with Crippen molar-refractivity contribution in [2.24, 2.45) is 11.5 Å². The van der Waals surface area contributed by atoms with Crippen LogP contribution in [0.25, 0.3) is 0 Å². The molecule has 0 amide bonds. The zero-order chi connectivity index (χ0) is 14.5. The molecule has 0 spiro atoms. The average Bonchev–Trinajstić information content (AvgIpc) is 2.46. The smallest absolute Gasteiger partial charge is 0.122 e. The molecule has 0 unspecified atom stereocenters. The molecule has 102 valence electrons. The molecule has 0 aliphatic rings. The highest BCUT2D eigenvalue weighted by molar-refractivity contribution is 5.95. The molecular weight excluding hydrogens is 252 g/mol. The van der Waals surface area contributed by atoms with Crippen molar-refractivity contribution in [2.45, 2.75) is 0 Å². The third-order valence-corrected chi connectivity index (χ3v) is 2.74. The maximum absolute atomic E-state index is 7.31. The Labute approximate surface area is 116 Å². The van der Waals surface area contributed by atoms with E-state index in [-0.39, 0.29) is 11.7 Å². The molecule has 2 rings (SSSR count). The van der Waals surface area contributed by atoms with Crippen molar-refractivity contribution >= 4 is 23.0 Å². The summed E-state index contributed by atoms with van der Waals surface area (Å²) < 4.78 is 0. The molecule has 2 aromatic carbocycles. The number of nitrogens with two attached hydrogens (primary N) is 2. The van der Waals surface area contributed by atoms with E-state index in [0.717, 1.165) is 11.4 Å². The fraction of sp³-hybridized carbons (Fsp3) is 0. The van der Waals surface area contributed by atoms with Gasteiger partial charge >= 0.3 is 0 Å². The van der Waals surface area contributed by atoms with Crippen LogP contribution in [0, 0.1) is 10.8 Å². The van der Waals surface area contributed by atoms with Gasteiger partial charge in [0.15, 0.2) is 0 Å². The zero-order valence-electron chi connectivity index (χ0n) is 10.8. The number of anilines is 2. The van der Waals surface area contributed by atoms with Crippen LogP contribution in [-0.2, 0) is 0 Å². The Bertz CT molecular complexity index is 558. The van der Waals surface area contributed by atoms with E-state index in [1.54, 1.807) is 24.3 Å². The van der Waals surface area contributed by atoms with Crippen molar-refractivity contribution in [1.82, 2.24) is 0 Å². The fourth-order valence-corrected chi connectivity index (χ4v) is 1.61. The van der Waals surface area contributed by atoms with Gasteiger partial charge in [-0.25, -0.2) is 0 Å². The van der Waals surface area contributed by atoms with Gasteiger partial charge in [0.25, 0.3) is 0 Å². The van der Waals surface area contributed by atoms with Crippen LogP contribution < -0.4 is 22.3 Å². The lowest BCUT2D eigenvalue weighted by Gasteiger charge is -2.10. The maximum Gasteiger partial charge on any atom is 0.122 e. The Hall–Kier alpha value is -3.02. The van der Waals surface area contributed by atoms with Crippen LogP contribution in [0.4, 0.5) is 11.4 Å². The first-order chi connectivity index (χ1) is 9.56. The highest BCUT2D eigenvalue weighted by Crippen LogP contribution is 2.12. The molecule has 0 atom stereocenters. The van der Waals surface area contributed by atoms with E-state index in [9.17, 15) is 0 Å². The van der Waals surface area contributed by atoms with Crippen LogP contribution >= 0.6 is 0 Å². The summed E-state index contributed by atoms with van der Waals surface area (Å²) in [6.45, 7) is 0. The third kappa shape index (κ3) is 3.26. The molecule has 0 saturated carbocycles. The minimum atomic E-state index is 0.0457. The van der Waals surface area contributed by atoms with E-state index < -0.39 is 0 Å². The highest BCUT2D eigenvalue weighted by atomic mass is 15.4. The average molecular weight is 268 g/mol. The van der Waals surface area contributed by atoms with Gasteiger partial charge in [-0.3, -0.25) is 10.8 Å². The minimum absolute atomic E-state index is 0.0457. The summed E-state index contributed by atoms with van der Waals surface area (Å²) >= 11 is 0. The summed E-state index contributed by atoms with van der Waals surface area (Å²) in [6.07, 6.45) is 0. The number of nitrogens with one attached hydrogen (secondary N) is 4. The molecule has 6 nitrogen and oxygen atoms in total. The monoisotopic (exact) mass is 268 g/mol. The van der Waals surface area contributed by atoms with E-state index in [1.807, 2.05) is 24.3 Å². The van der Waals surface area contributed by atoms with Crippen molar-refractivity contribution in [1.29, 1.82) is 10.8 Å². The van der Waals surface area contributed by atoms with E-state index in [1.165, 1.54) is 0 Å². The zero-order valence-corrected chi connectivity index (χ0v) is 10.8. The number of hydrogen-bond acceptors (Lipinski definition) is 4. The number of rotatable bonds is 5. The number of hydrogen-bond donors (Lipinski definition) is 6. The number of hydrazine groups is 1. The standard InChI is InChI=1S/C14H16N6/c15-13(16)9-1-5-11(6-2-9)19-20-12-7-3-10(4-8-12)14(17)18/h1-8,19-20H,(H3,15,16)(H3,17,18). The van der Waals surface area contributed by atoms with Gasteiger partial charge in [-0.05, 0) is 48.5 Å². The normalized spacial score (nSPS) is 9.80. The van der Waals surface area contributed by atoms with Crippen LogP contribution in [0.15, 0.2) is 48.5 Å². The Morgan fingerprint density at radius 2 is 0.950 bits per heavy atom. The van der Waals surface area contributed by atoms with Gasteiger partial charge in [0.1, 0.15) is 11.7 Å². The molecular formula is C14H16N6. The molecule has 8 N–H and O–H groups in total. The first-order valence-corrected chi connectivity index (χ1v) is 5.97. The SMILES string of the molecule is N=C(N)c1ccc(NNc2ccc(C(=N)N)cc2)cc1. The Kier molecular flexibility index (Phi) is 3.85. The van der Waals surface area contributed by atoms with Gasteiger partial charge in [0, 0.05) is 11.1 Å². The highest BCUT2D eigenvalue weighted by Gasteiger charge is 1.98. The number of benzene rings is 2. The summed E-state index contributed by atoms with van der Waals surface area (Å²) in [4.78, 5) is 0. The molecule has 6 heteroatoms. The van der Waals surface area contributed by atoms with Gasteiger partial charge in [-0.15, -0.1) is 0 Å². The van der Waals surface area contributed by atoms with Crippen molar-refractivity contribution < 1.29 is 0 Å². The van der Waals surface area contributed by atoms with Crippen LogP contribution in [0.1, 0.15) is 11.1 Å². The molecule has 0 aliphatic carbocycles. The molecule has 0 aliphatic heterocycles. The Morgan fingerprint density at radius 3 is 1.20 bits per heavy atom. The summed E-state index contributed by atoms with van der Waals surface area (Å²) in [6, 6.07) is 14.4. The molecule has 2 aromatic rings. The van der Waals surface area contributed by atoms with Crippen LogP contribution in [-0.4, -0.2) is 11.7 Å². The second kappa shape index (κ2) is 5.75. The van der Waals surface area contributed by atoms with E-state index in [0.29, 0.717) is 11.1 Å². The summed E-state index contributed by atoms with van der Waals surface area (Å²) in [5, 5.41) is 14.6. The molecule has 0 bridgehead atoms. The number of nitrogen functional groups attached to an aromatic ring is 2. The molecule has 0 fully saturated rings. The minimum Gasteiger partial charge on any atom is -0.384 e. The fourth-order valence-electron chi connectivity index (χ4n) is 1.61. The van der Waals surface area contributed by atoms with Crippen molar-refractivity contribution in [3.8, 4) is 0 Å². The third-order valence-electron chi connectivity index (χ3n) is 2.74. The van der Waals surface area contributed by atoms with Gasteiger partial charge in [-0.2, -0.15) is 0 Å². The molecule has 0 saturated heterocycles. The Morgan fingerprint density at radius 1 is 0.650 bits per heavy atom. The maximum atomic E-state index is 7.31. The van der Waals surface area contributed by atoms with Crippen molar-refractivity contribution in [2.75, 3.05) is 10.9 Å². The van der Waals surface area contributed by atoms with Crippen LogP contribution in [0.5, 0.6) is 0 Å². The second-order valence-electron chi connectivity index (χ2n) is 4.23. The van der Waals surface area contributed by atoms with E-state index in [2.05, 4.69) is 10.9 Å². The van der Waals surface area contributed by atoms with Crippen LogP contribution in [0.2, 0.25) is 0 Å². The lowest BCUT2D eigenvalue weighted by atomic mass is 10.2. The predicted octanol–water partition coefficient (Wildman–Crippen LogP) is 1.69. The van der Waals surface area contributed by atoms with E-state index >= 15 is 0 Å². The Balaban J connectivity index is 1.97. The van der Waals surface area contributed by atoms with Crippen LogP contribution in [0.3, 0.4) is 0 Å². The molecule has 0 aromatic heterocycles. The number of amidine groups is 2. The van der Waals surface area contributed by atoms with Gasteiger partial charge in [0.2, 0.25) is 0 Å². The largest absolute Gasteiger partial charge is 0.384 e. The van der Waals surface area contributed by atoms with E-state index in [4.69, 9.17) is 22.3 Å². The molecule has 0 heterocycles. The molecule has 0 radical (unpaired) electrons. The quantitative estimate of drug-likeness (QED) is 0.280.